The minimum Gasteiger partial charge on any atom is -0.293 e. The first-order chi connectivity index (χ1) is 65.6. The van der Waals surface area contributed by atoms with Crippen molar-refractivity contribution >= 4 is 214 Å². The molecule has 10 aromatic heterocycles. The van der Waals surface area contributed by atoms with Crippen molar-refractivity contribution in [2.45, 2.75) is 404 Å². The quantitative estimate of drug-likeness (QED) is 0.0215. The monoisotopic (exact) mass is 2060 g/mol. The third-order valence-corrected chi connectivity index (χ3v) is 43.1. The molecule has 134 heavy (non-hydrogen) atoms. The molecule has 18 heteroatoms. The normalized spacial score (nSPS) is 14.4. The molecule has 0 aliphatic carbocycles. The number of carbonyl (C=O) groups excluding carboxylic acids is 2. The summed E-state index contributed by atoms with van der Waals surface area (Å²) in [4.78, 5) is 58.6. The average Bonchev–Trinajstić information content (AvgIpc) is 1.55. The van der Waals surface area contributed by atoms with Crippen molar-refractivity contribution in [1.29, 1.82) is 0 Å². The lowest BCUT2D eigenvalue weighted by Gasteiger charge is -2.15. The second-order valence-electron chi connectivity index (χ2n) is 38.4. The number of carbonyl (C=O) groups is 2. The molecule has 2 unspecified atom stereocenters. The Morgan fingerprint density at radius 1 is 0.284 bits per heavy atom. The lowest BCUT2D eigenvalue weighted by molar-refractivity contribution is -0.123. The molecule has 0 bridgehead atoms. The maximum absolute atomic E-state index is 14.1. The maximum Gasteiger partial charge on any atom is 0.266 e. The molecule has 2 fully saturated rings. The zero-order valence-corrected chi connectivity index (χ0v) is 94.9. The van der Waals surface area contributed by atoms with Crippen molar-refractivity contribution < 1.29 is 9.59 Å². The molecule has 12 heterocycles. The largest absolute Gasteiger partial charge is 0.293 e. The van der Waals surface area contributed by atoms with E-state index >= 15 is 0 Å². The van der Waals surface area contributed by atoms with E-state index in [0.717, 1.165) is 83.8 Å². The molecule has 4 nitrogen and oxygen atoms in total. The van der Waals surface area contributed by atoms with Crippen LogP contribution in [0, 0.1) is 11.8 Å². The van der Waals surface area contributed by atoms with Crippen LogP contribution in [0.3, 0.4) is 0 Å². The fourth-order valence-corrected chi connectivity index (χ4v) is 35.2. The van der Waals surface area contributed by atoms with E-state index in [-0.39, 0.29) is 11.8 Å². The smallest absolute Gasteiger partial charge is 0.266 e. The van der Waals surface area contributed by atoms with Gasteiger partial charge < -0.3 is 0 Å². The highest BCUT2D eigenvalue weighted by atomic mass is 32.2. The first kappa shape index (κ1) is 107. The molecule has 726 valence electrons. The molecule has 0 spiro atoms. The highest BCUT2D eigenvalue weighted by Gasteiger charge is 2.35. The fraction of sp³-hybridized carbons (Fsp3) is 0.569. The second kappa shape index (κ2) is 56.2. The number of thiocarbonyl (C=S) groups is 2. The Hall–Kier alpha value is -3.96. The van der Waals surface area contributed by atoms with Crippen LogP contribution in [0.4, 0.5) is 0 Å². The minimum absolute atomic E-state index is 0.0665. The summed E-state index contributed by atoms with van der Waals surface area (Å²) in [6.07, 6.45) is 64.6. The summed E-state index contributed by atoms with van der Waals surface area (Å²) in [5.41, 5.74) is 12.2. The zero-order chi connectivity index (χ0) is 94.2. The van der Waals surface area contributed by atoms with Gasteiger partial charge in [0.15, 0.2) is 0 Å². The van der Waals surface area contributed by atoms with Crippen LogP contribution in [-0.4, -0.2) is 43.3 Å². The summed E-state index contributed by atoms with van der Waals surface area (Å²) in [7, 11) is 0. The first-order valence-corrected chi connectivity index (χ1v) is 63.7. The summed E-state index contributed by atoms with van der Waals surface area (Å²) in [5, 5.41) is 2.90. The lowest BCUT2D eigenvalue weighted by atomic mass is 9.92. The van der Waals surface area contributed by atoms with Gasteiger partial charge in [0.25, 0.3) is 11.8 Å². The predicted octanol–water partition coefficient (Wildman–Crippen LogP) is 42.5. The van der Waals surface area contributed by atoms with E-state index in [1.165, 1.54) is 402 Å². The van der Waals surface area contributed by atoms with Gasteiger partial charge in [-0.05, 0) is 233 Å². The average molecular weight is 2060 g/mol. The Labute approximate surface area is 868 Å². The Balaban J connectivity index is 1.02. The molecule has 1 aromatic carbocycles. The van der Waals surface area contributed by atoms with E-state index in [4.69, 9.17) is 24.4 Å². The number of benzene rings is 1. The van der Waals surface area contributed by atoms with Gasteiger partial charge in [0.05, 0.1) is 9.81 Å². The number of thiophene rings is 10. The molecular formula is C116H156N2O2S14. The molecule has 2 aliphatic heterocycles. The van der Waals surface area contributed by atoms with Gasteiger partial charge in [0.2, 0.25) is 0 Å². The van der Waals surface area contributed by atoms with Crippen molar-refractivity contribution in [2.75, 3.05) is 13.1 Å². The zero-order valence-electron chi connectivity index (χ0n) is 83.4. The van der Waals surface area contributed by atoms with Crippen LogP contribution in [0.15, 0.2) is 82.6 Å². The highest BCUT2D eigenvalue weighted by Crippen LogP contribution is 2.59. The van der Waals surface area contributed by atoms with Crippen LogP contribution in [0.25, 0.3) is 112 Å². The molecule has 2 amide bonds. The molecule has 2 saturated heterocycles. The molecule has 13 rings (SSSR count). The number of aryl methyl sites for hydroxylation is 6. The number of hydrogen-bond donors (Lipinski definition) is 0. The lowest BCUT2D eigenvalue weighted by Crippen LogP contribution is -2.28. The second-order valence-corrected chi connectivity index (χ2v) is 52.6. The van der Waals surface area contributed by atoms with Crippen molar-refractivity contribution in [3.8, 4) is 79.4 Å². The Bertz CT molecular complexity index is 5320. The molecule has 0 saturated carbocycles. The van der Waals surface area contributed by atoms with E-state index in [1.807, 2.05) is 55.1 Å². The van der Waals surface area contributed by atoms with Crippen LogP contribution >= 0.6 is 161 Å². The first-order valence-electron chi connectivity index (χ1n) is 53.1. The summed E-state index contributed by atoms with van der Waals surface area (Å²) in [5.74, 6) is 1.47. The maximum atomic E-state index is 14.1. The SMILES string of the molecule is CCCCCCc1cc(-c2c3cc(-c4cc(CCCCCC)c(-c5cc(CCCCCC)c(-c6ccc(/C=C7/SC(=S)N(CCCCCC)C7=O)s6)s5)s4)sc3c(-c3cc(CCCCCC)c(CC(CC)CCCCCC)s3)c3cc(-c4cc(CCCCCC)c(-c5cc(CCCCCC)c(-c6ccc(/C=C7/SC(=S)N(CCCCCC)C7=O)s6)s5)s4)sc23)sc1CC(CC)CCCC. The molecule has 2 aliphatic rings. The number of nitrogens with zero attached hydrogens (tertiary/aromatic N) is 2. The van der Waals surface area contributed by atoms with Crippen molar-refractivity contribution in [3.63, 3.8) is 0 Å². The van der Waals surface area contributed by atoms with Gasteiger partial charge in [-0.25, -0.2) is 0 Å². The van der Waals surface area contributed by atoms with Gasteiger partial charge >= 0.3 is 0 Å². The minimum atomic E-state index is 0.0665. The van der Waals surface area contributed by atoms with Gasteiger partial charge in [-0.1, -0.05) is 349 Å². The topological polar surface area (TPSA) is 40.6 Å². The Kier molecular flexibility index (Phi) is 45.0. The number of rotatable bonds is 64. The van der Waals surface area contributed by atoms with Gasteiger partial charge in [0.1, 0.15) is 8.64 Å². The number of fused-ring (bicyclic) bond motifs is 2. The molecule has 11 aromatic rings. The summed E-state index contributed by atoms with van der Waals surface area (Å²) >= 11 is 35.3. The van der Waals surface area contributed by atoms with Crippen LogP contribution < -0.4 is 0 Å². The summed E-state index contributed by atoms with van der Waals surface area (Å²) in [6.45, 7) is 29.7. The number of thioether (sulfide) groups is 2. The van der Waals surface area contributed by atoms with E-state index < -0.39 is 0 Å². The molecule has 0 radical (unpaired) electrons. The molecule has 0 N–H and O–H groups in total. The summed E-state index contributed by atoms with van der Waals surface area (Å²) < 4.78 is 4.33. The number of unbranched alkanes of at least 4 members (excludes halogenated alkanes) is 28. The fourth-order valence-electron chi connectivity index (χ4n) is 19.6. The van der Waals surface area contributed by atoms with Crippen LogP contribution in [-0.2, 0) is 61.0 Å². The van der Waals surface area contributed by atoms with Crippen LogP contribution in [0.1, 0.15) is 406 Å². The van der Waals surface area contributed by atoms with Crippen molar-refractivity contribution in [1.82, 2.24) is 9.80 Å². The Morgan fingerprint density at radius 2 is 0.575 bits per heavy atom. The van der Waals surface area contributed by atoms with Crippen LogP contribution in [0.2, 0.25) is 0 Å². The van der Waals surface area contributed by atoms with Crippen LogP contribution in [0.5, 0.6) is 0 Å². The van der Waals surface area contributed by atoms with Gasteiger partial charge in [-0.15, -0.1) is 113 Å². The van der Waals surface area contributed by atoms with Gasteiger partial charge in [-0.2, -0.15) is 0 Å². The molecular weight excluding hydrogens is 1900 g/mol. The number of hydrogen-bond acceptors (Lipinski definition) is 16. The van der Waals surface area contributed by atoms with E-state index in [9.17, 15) is 9.59 Å². The summed E-state index contributed by atoms with van der Waals surface area (Å²) in [6, 6.07) is 30.9. The van der Waals surface area contributed by atoms with E-state index in [2.05, 4.69) is 236 Å². The number of amides is 2. The Morgan fingerprint density at radius 3 is 0.918 bits per heavy atom. The highest BCUT2D eigenvalue weighted by molar-refractivity contribution is 8.27. The predicted molar refractivity (Wildman–Crippen MR) is 622 cm³/mol. The van der Waals surface area contributed by atoms with Crippen molar-refractivity contribution in [3.05, 3.63) is 135 Å². The van der Waals surface area contributed by atoms with E-state index in [0.29, 0.717) is 33.6 Å². The third kappa shape index (κ3) is 28.8. The third-order valence-electron chi connectivity index (χ3n) is 27.7. The van der Waals surface area contributed by atoms with Gasteiger partial charge in [0, 0.05) is 132 Å². The van der Waals surface area contributed by atoms with Crippen molar-refractivity contribution in [2.24, 2.45) is 11.8 Å². The molecule has 2 atom stereocenters. The van der Waals surface area contributed by atoms with Gasteiger partial charge in [-0.3, -0.25) is 19.4 Å². The standard InChI is InChI=1S/C116H156N2O2S14/c1-13-25-35-44-54-80(24-12)68-94-82(56-46-37-27-15-3)70-100(126-94)106-90-78-98(96-72-84(58-48-39-29-17-5)110(128-96)102-74-86(60-50-41-31-19-7)108(132-102)92-64-62-88(124-92)76-104-114(120)118(116(122)134-104)66-52-43-33-21-9)129-111(90)105(99-69-81(55-45-36-26-14-2)93(125-99)67-79(23-11)53-34-22-10)89-77-97(130-112(89)106)95-71-83(57-47-38-28-16-4)109(127-95)101-73-85(59-49-40-30-18-6)107(131-101)91-63-61-87(123-91)75-103-113(119)117(115(121)133-103)65-51-42-32-20-8/h61-64,69-80H,13-60,65-68H2,1-12H3/b103-75+,104-76+. The van der Waals surface area contributed by atoms with E-state index in [1.54, 1.807) is 20.9 Å².